The average molecular weight is 353 g/mol. The van der Waals surface area contributed by atoms with Crippen molar-refractivity contribution in [3.8, 4) is 5.75 Å². The SMILES string of the molecule is CCN(CC1CCCO1)C(=O)COc1ccccc1Cc1ccccc1. The summed E-state index contributed by atoms with van der Waals surface area (Å²) in [4.78, 5) is 14.4. The average Bonchev–Trinajstić information content (AvgIpc) is 3.19. The Bertz CT molecular complexity index is 696. The van der Waals surface area contributed by atoms with Gasteiger partial charge in [-0.15, -0.1) is 0 Å². The number of para-hydroxylation sites is 1. The van der Waals surface area contributed by atoms with E-state index >= 15 is 0 Å². The Hall–Kier alpha value is -2.33. The highest BCUT2D eigenvalue weighted by molar-refractivity contribution is 5.77. The lowest BCUT2D eigenvalue weighted by Gasteiger charge is -2.24. The van der Waals surface area contributed by atoms with Gasteiger partial charge in [0.25, 0.3) is 5.91 Å². The summed E-state index contributed by atoms with van der Waals surface area (Å²) in [5, 5.41) is 0. The van der Waals surface area contributed by atoms with Crippen molar-refractivity contribution < 1.29 is 14.3 Å². The molecule has 4 heteroatoms. The Balaban J connectivity index is 1.59. The van der Waals surface area contributed by atoms with Gasteiger partial charge >= 0.3 is 0 Å². The molecule has 0 spiro atoms. The van der Waals surface area contributed by atoms with Crippen LogP contribution in [-0.2, 0) is 16.0 Å². The van der Waals surface area contributed by atoms with Gasteiger partial charge in [0.15, 0.2) is 6.61 Å². The molecule has 2 aromatic carbocycles. The quantitative estimate of drug-likeness (QED) is 0.727. The molecule has 3 rings (SSSR count). The highest BCUT2D eigenvalue weighted by Gasteiger charge is 2.22. The Kier molecular flexibility index (Phi) is 6.67. The topological polar surface area (TPSA) is 38.8 Å². The van der Waals surface area contributed by atoms with Gasteiger partial charge in [-0.05, 0) is 37.0 Å². The van der Waals surface area contributed by atoms with E-state index < -0.39 is 0 Å². The lowest BCUT2D eigenvalue weighted by Crippen LogP contribution is -2.39. The van der Waals surface area contributed by atoms with Crippen LogP contribution in [0.2, 0.25) is 0 Å². The first kappa shape index (κ1) is 18.5. The molecule has 0 aromatic heterocycles. The van der Waals surface area contributed by atoms with Crippen LogP contribution >= 0.6 is 0 Å². The summed E-state index contributed by atoms with van der Waals surface area (Å²) in [7, 11) is 0. The van der Waals surface area contributed by atoms with Crippen LogP contribution in [0, 0.1) is 0 Å². The van der Waals surface area contributed by atoms with E-state index in [2.05, 4.69) is 18.2 Å². The van der Waals surface area contributed by atoms with Gasteiger partial charge in [-0.25, -0.2) is 0 Å². The van der Waals surface area contributed by atoms with Crippen LogP contribution in [0.15, 0.2) is 54.6 Å². The van der Waals surface area contributed by atoms with E-state index in [9.17, 15) is 4.79 Å². The maximum atomic E-state index is 12.6. The van der Waals surface area contributed by atoms with E-state index in [1.807, 2.05) is 48.2 Å². The van der Waals surface area contributed by atoms with E-state index in [0.717, 1.165) is 37.2 Å². The molecule has 1 saturated heterocycles. The number of nitrogens with zero attached hydrogens (tertiary/aromatic N) is 1. The normalized spacial score (nSPS) is 16.4. The third kappa shape index (κ3) is 5.09. The summed E-state index contributed by atoms with van der Waals surface area (Å²) >= 11 is 0. The lowest BCUT2D eigenvalue weighted by atomic mass is 10.0. The molecule has 4 nitrogen and oxygen atoms in total. The van der Waals surface area contributed by atoms with E-state index in [0.29, 0.717) is 13.1 Å². The van der Waals surface area contributed by atoms with Crippen LogP contribution in [0.3, 0.4) is 0 Å². The molecule has 138 valence electrons. The molecule has 0 radical (unpaired) electrons. The first-order chi connectivity index (χ1) is 12.8. The molecule has 1 atom stereocenters. The predicted molar refractivity (Wildman–Crippen MR) is 102 cm³/mol. The van der Waals surface area contributed by atoms with Crippen molar-refractivity contribution in [2.45, 2.75) is 32.3 Å². The van der Waals surface area contributed by atoms with Gasteiger partial charge in [0.1, 0.15) is 5.75 Å². The molecular formula is C22H27NO3. The predicted octanol–water partition coefficient (Wildman–Crippen LogP) is 3.68. The highest BCUT2D eigenvalue weighted by atomic mass is 16.5. The number of carbonyl (C=O) groups excluding carboxylic acids is 1. The van der Waals surface area contributed by atoms with Crippen molar-refractivity contribution in [3.05, 3.63) is 65.7 Å². The summed E-state index contributed by atoms with van der Waals surface area (Å²) in [6.07, 6.45) is 3.08. The standard InChI is InChI=1S/C22H27NO3/c1-2-23(16-20-12-8-14-25-20)22(24)17-26-21-13-7-6-11-19(21)15-18-9-4-3-5-10-18/h3-7,9-11,13,20H,2,8,12,14-17H2,1H3. The van der Waals surface area contributed by atoms with Crippen LogP contribution < -0.4 is 4.74 Å². The fraction of sp³-hybridized carbons (Fsp3) is 0.409. The van der Waals surface area contributed by atoms with Crippen LogP contribution in [0.4, 0.5) is 0 Å². The van der Waals surface area contributed by atoms with Gasteiger partial charge in [-0.2, -0.15) is 0 Å². The minimum absolute atomic E-state index is 0.0116. The number of amides is 1. The summed E-state index contributed by atoms with van der Waals surface area (Å²) in [6.45, 7) is 4.19. The van der Waals surface area contributed by atoms with Gasteiger partial charge in [-0.3, -0.25) is 4.79 Å². The number of carbonyl (C=O) groups is 1. The maximum absolute atomic E-state index is 12.6. The Morgan fingerprint density at radius 2 is 1.92 bits per heavy atom. The molecule has 2 aromatic rings. The van der Waals surface area contributed by atoms with Crippen LogP contribution in [-0.4, -0.2) is 43.2 Å². The first-order valence-electron chi connectivity index (χ1n) is 9.40. The van der Waals surface area contributed by atoms with E-state index in [1.54, 1.807) is 0 Å². The number of hydrogen-bond donors (Lipinski definition) is 0. The van der Waals surface area contributed by atoms with Crippen LogP contribution in [0.1, 0.15) is 30.9 Å². The zero-order chi connectivity index (χ0) is 18.2. The van der Waals surface area contributed by atoms with Gasteiger partial charge in [0, 0.05) is 26.1 Å². The molecule has 1 unspecified atom stereocenters. The Labute approximate surface area is 155 Å². The molecule has 1 aliphatic rings. The minimum atomic E-state index is 0.0116. The van der Waals surface area contributed by atoms with E-state index in [1.165, 1.54) is 5.56 Å². The molecule has 0 saturated carbocycles. The third-order valence-corrected chi connectivity index (χ3v) is 4.74. The van der Waals surface area contributed by atoms with Crippen molar-refractivity contribution in [1.82, 2.24) is 4.90 Å². The number of hydrogen-bond acceptors (Lipinski definition) is 3. The number of likely N-dealkylation sites (N-methyl/N-ethyl adjacent to an activating group) is 1. The molecule has 1 fully saturated rings. The van der Waals surface area contributed by atoms with E-state index in [-0.39, 0.29) is 18.6 Å². The summed E-state index contributed by atoms with van der Waals surface area (Å²) in [5.74, 6) is 0.787. The van der Waals surface area contributed by atoms with Crippen molar-refractivity contribution in [2.75, 3.05) is 26.3 Å². The maximum Gasteiger partial charge on any atom is 0.260 e. The minimum Gasteiger partial charge on any atom is -0.483 e. The second-order valence-corrected chi connectivity index (χ2v) is 6.63. The fourth-order valence-electron chi connectivity index (χ4n) is 3.28. The van der Waals surface area contributed by atoms with Crippen LogP contribution in [0.5, 0.6) is 5.75 Å². The lowest BCUT2D eigenvalue weighted by molar-refractivity contribution is -0.134. The molecule has 1 amide bonds. The van der Waals surface area contributed by atoms with Crippen molar-refractivity contribution >= 4 is 5.91 Å². The largest absolute Gasteiger partial charge is 0.483 e. The molecule has 0 aliphatic carbocycles. The second-order valence-electron chi connectivity index (χ2n) is 6.63. The van der Waals surface area contributed by atoms with Gasteiger partial charge in [-0.1, -0.05) is 48.5 Å². The van der Waals surface area contributed by atoms with Crippen molar-refractivity contribution in [2.24, 2.45) is 0 Å². The number of rotatable bonds is 8. The molecule has 26 heavy (non-hydrogen) atoms. The Morgan fingerprint density at radius 3 is 2.65 bits per heavy atom. The molecular weight excluding hydrogens is 326 g/mol. The molecule has 1 aliphatic heterocycles. The molecule has 1 heterocycles. The Morgan fingerprint density at radius 1 is 1.15 bits per heavy atom. The highest BCUT2D eigenvalue weighted by Crippen LogP contribution is 2.21. The van der Waals surface area contributed by atoms with Gasteiger partial charge in [0.2, 0.25) is 0 Å². The summed E-state index contributed by atoms with van der Waals surface area (Å²) in [6, 6.07) is 18.2. The smallest absolute Gasteiger partial charge is 0.260 e. The second kappa shape index (κ2) is 9.39. The number of ether oxygens (including phenoxy) is 2. The van der Waals surface area contributed by atoms with Crippen LogP contribution in [0.25, 0.3) is 0 Å². The van der Waals surface area contributed by atoms with Gasteiger partial charge in [0.05, 0.1) is 6.10 Å². The molecule has 0 N–H and O–H groups in total. The van der Waals surface area contributed by atoms with Gasteiger partial charge < -0.3 is 14.4 Å². The van der Waals surface area contributed by atoms with E-state index in [4.69, 9.17) is 9.47 Å². The monoisotopic (exact) mass is 353 g/mol. The summed E-state index contributed by atoms with van der Waals surface area (Å²) in [5.41, 5.74) is 2.32. The zero-order valence-electron chi connectivity index (χ0n) is 15.4. The zero-order valence-corrected chi connectivity index (χ0v) is 15.4. The van der Waals surface area contributed by atoms with Crippen molar-refractivity contribution in [3.63, 3.8) is 0 Å². The first-order valence-corrected chi connectivity index (χ1v) is 9.40. The fourth-order valence-corrected chi connectivity index (χ4v) is 3.28. The summed E-state index contributed by atoms with van der Waals surface area (Å²) < 4.78 is 11.5. The number of benzene rings is 2. The third-order valence-electron chi connectivity index (χ3n) is 4.74. The van der Waals surface area contributed by atoms with Crippen molar-refractivity contribution in [1.29, 1.82) is 0 Å². The molecule has 0 bridgehead atoms.